The van der Waals surface area contributed by atoms with Crippen molar-refractivity contribution in [1.82, 2.24) is 0 Å². The number of aliphatic carboxylic acids is 1. The van der Waals surface area contributed by atoms with Gasteiger partial charge in [-0.25, -0.2) is 0 Å². The van der Waals surface area contributed by atoms with E-state index in [1.54, 1.807) is 0 Å². The number of ketones is 2. The smallest absolute Gasteiger partial charge is 0.314 e. The van der Waals surface area contributed by atoms with Gasteiger partial charge in [-0.3, -0.25) is 14.4 Å². The zero-order valence-electron chi connectivity index (χ0n) is 6.37. The summed E-state index contributed by atoms with van der Waals surface area (Å²) >= 11 is 5.91. The van der Waals surface area contributed by atoms with Crippen molar-refractivity contribution in [3.8, 4) is 0 Å². The summed E-state index contributed by atoms with van der Waals surface area (Å²) in [6.45, 7) is 0. The molecule has 6 heteroatoms. The molecule has 0 aromatic rings. The Balaban J connectivity index is 2.88. The van der Waals surface area contributed by atoms with Crippen molar-refractivity contribution in [2.75, 3.05) is 0 Å². The van der Waals surface area contributed by atoms with Gasteiger partial charge in [0.25, 0.3) is 0 Å². The molecular formula is C7H6Br2O4. The fraction of sp³-hybridized carbons (Fsp3) is 0.571. The molecule has 1 aliphatic rings. The van der Waals surface area contributed by atoms with Crippen molar-refractivity contribution in [1.29, 1.82) is 0 Å². The van der Waals surface area contributed by atoms with E-state index in [1.807, 2.05) is 0 Å². The van der Waals surface area contributed by atoms with E-state index >= 15 is 0 Å². The number of carboxylic acids is 1. The third kappa shape index (κ3) is 1.99. The Hall–Kier alpha value is -0.230. The second kappa shape index (κ2) is 3.88. The predicted molar refractivity (Wildman–Crippen MR) is 51.2 cm³/mol. The zero-order valence-corrected chi connectivity index (χ0v) is 9.54. The first-order valence-corrected chi connectivity index (χ1v) is 5.36. The van der Waals surface area contributed by atoms with Crippen molar-refractivity contribution in [3.63, 3.8) is 0 Å². The fourth-order valence-electron chi connectivity index (χ4n) is 1.14. The number of alkyl halides is 2. The van der Waals surface area contributed by atoms with E-state index in [0.29, 0.717) is 0 Å². The van der Waals surface area contributed by atoms with E-state index in [1.165, 1.54) is 0 Å². The molecule has 3 unspecified atom stereocenters. The van der Waals surface area contributed by atoms with Gasteiger partial charge in [0.15, 0.2) is 11.6 Å². The van der Waals surface area contributed by atoms with Gasteiger partial charge in [-0.05, 0) is 6.42 Å². The molecule has 0 aromatic heterocycles. The number of carbonyl (C=O) groups is 3. The van der Waals surface area contributed by atoms with Crippen LogP contribution in [0.15, 0.2) is 0 Å². The maximum Gasteiger partial charge on any atom is 0.314 e. The van der Waals surface area contributed by atoms with Crippen LogP contribution in [0.5, 0.6) is 0 Å². The van der Waals surface area contributed by atoms with Gasteiger partial charge in [0.05, 0.1) is 4.83 Å². The van der Waals surface area contributed by atoms with Crippen molar-refractivity contribution in [2.24, 2.45) is 5.92 Å². The Labute approximate surface area is 90.9 Å². The molecule has 3 atom stereocenters. The summed E-state index contributed by atoms with van der Waals surface area (Å²) in [4.78, 5) is 31.5. The zero-order chi connectivity index (χ0) is 10.2. The Morgan fingerprint density at radius 3 is 2.31 bits per heavy atom. The summed E-state index contributed by atoms with van der Waals surface area (Å²) < 4.78 is 0. The topological polar surface area (TPSA) is 71.4 Å². The van der Waals surface area contributed by atoms with Crippen molar-refractivity contribution < 1.29 is 19.5 Å². The molecule has 0 heterocycles. The van der Waals surface area contributed by atoms with E-state index < -0.39 is 27.3 Å². The molecule has 1 rings (SSSR count). The number of halogens is 2. The highest BCUT2D eigenvalue weighted by Crippen LogP contribution is 2.28. The molecule has 1 fully saturated rings. The molecular weight excluding hydrogens is 308 g/mol. The minimum Gasteiger partial charge on any atom is -0.481 e. The lowest BCUT2D eigenvalue weighted by Crippen LogP contribution is -2.45. The summed E-state index contributed by atoms with van der Waals surface area (Å²) in [5.41, 5.74) is 0. The first-order chi connectivity index (χ1) is 5.95. The molecule has 0 spiro atoms. The predicted octanol–water partition coefficient (Wildman–Crippen LogP) is 0.756. The van der Waals surface area contributed by atoms with E-state index in [4.69, 9.17) is 5.11 Å². The summed E-state index contributed by atoms with van der Waals surface area (Å²) in [5, 5.41) is 8.66. The standard InChI is InChI=1S/C7H6Br2O4/c8-3-1-2(7(12)13)5(10)4(9)6(3)11/h2-4H,1H2,(H,12,13). The van der Waals surface area contributed by atoms with Gasteiger partial charge in [0, 0.05) is 0 Å². The summed E-state index contributed by atoms with van der Waals surface area (Å²) in [6, 6.07) is 0. The Morgan fingerprint density at radius 1 is 1.31 bits per heavy atom. The van der Waals surface area contributed by atoms with Gasteiger partial charge in [-0.1, -0.05) is 31.9 Å². The van der Waals surface area contributed by atoms with Crippen molar-refractivity contribution >= 4 is 49.4 Å². The molecule has 72 valence electrons. The first-order valence-electron chi connectivity index (χ1n) is 3.53. The largest absolute Gasteiger partial charge is 0.481 e. The summed E-state index contributed by atoms with van der Waals surface area (Å²) in [7, 11) is 0. The SMILES string of the molecule is O=C1C(Br)CC(C(=O)O)C(=O)C1Br. The number of hydrogen-bond acceptors (Lipinski definition) is 3. The van der Waals surface area contributed by atoms with Gasteiger partial charge in [-0.15, -0.1) is 0 Å². The monoisotopic (exact) mass is 312 g/mol. The number of rotatable bonds is 1. The van der Waals surface area contributed by atoms with Crippen LogP contribution in [-0.4, -0.2) is 32.3 Å². The van der Waals surface area contributed by atoms with E-state index in [2.05, 4.69) is 31.9 Å². The average molecular weight is 314 g/mol. The molecule has 1 N–H and O–H groups in total. The van der Waals surface area contributed by atoms with E-state index in [-0.39, 0.29) is 12.2 Å². The van der Waals surface area contributed by atoms with Crippen molar-refractivity contribution in [3.05, 3.63) is 0 Å². The van der Waals surface area contributed by atoms with Gasteiger partial charge in [0.2, 0.25) is 0 Å². The van der Waals surface area contributed by atoms with Crippen LogP contribution in [0.1, 0.15) is 6.42 Å². The van der Waals surface area contributed by atoms with Crippen LogP contribution in [0.3, 0.4) is 0 Å². The molecule has 0 amide bonds. The number of hydrogen-bond donors (Lipinski definition) is 1. The van der Waals surface area contributed by atoms with Crippen LogP contribution >= 0.6 is 31.9 Å². The van der Waals surface area contributed by atoms with Gasteiger partial charge in [-0.2, -0.15) is 0 Å². The van der Waals surface area contributed by atoms with Gasteiger partial charge in [0.1, 0.15) is 10.7 Å². The van der Waals surface area contributed by atoms with Crippen LogP contribution in [-0.2, 0) is 14.4 Å². The second-order valence-electron chi connectivity index (χ2n) is 2.76. The molecule has 4 nitrogen and oxygen atoms in total. The molecule has 0 aromatic carbocycles. The highest BCUT2D eigenvalue weighted by atomic mass is 79.9. The Kier molecular flexibility index (Phi) is 3.23. The lowest BCUT2D eigenvalue weighted by atomic mass is 9.87. The lowest BCUT2D eigenvalue weighted by molar-refractivity contribution is -0.148. The molecule has 0 aliphatic heterocycles. The molecule has 1 saturated carbocycles. The maximum atomic E-state index is 11.3. The summed E-state index contributed by atoms with van der Waals surface area (Å²) in [5.74, 6) is -3.12. The van der Waals surface area contributed by atoms with Crippen LogP contribution in [0.2, 0.25) is 0 Å². The molecule has 0 saturated heterocycles. The minimum absolute atomic E-state index is 0.0368. The van der Waals surface area contributed by atoms with Crippen LogP contribution in [0, 0.1) is 5.92 Å². The van der Waals surface area contributed by atoms with Crippen LogP contribution < -0.4 is 0 Å². The lowest BCUT2D eigenvalue weighted by Gasteiger charge is -2.23. The highest BCUT2D eigenvalue weighted by molar-refractivity contribution is 9.11. The molecule has 1 aliphatic carbocycles. The van der Waals surface area contributed by atoms with Gasteiger partial charge >= 0.3 is 5.97 Å². The van der Waals surface area contributed by atoms with Crippen LogP contribution in [0.4, 0.5) is 0 Å². The first kappa shape index (κ1) is 10.8. The summed E-state index contributed by atoms with van der Waals surface area (Å²) in [6.07, 6.45) is 0.0368. The maximum absolute atomic E-state index is 11.3. The molecule has 0 bridgehead atoms. The van der Waals surface area contributed by atoms with Gasteiger partial charge < -0.3 is 5.11 Å². The third-order valence-corrected chi connectivity index (χ3v) is 3.62. The Morgan fingerprint density at radius 2 is 1.85 bits per heavy atom. The fourth-order valence-corrected chi connectivity index (χ4v) is 2.77. The van der Waals surface area contributed by atoms with Crippen molar-refractivity contribution in [2.45, 2.75) is 16.1 Å². The normalized spacial score (nSPS) is 34.8. The number of carboxylic acid groups (broad SMARTS) is 1. The van der Waals surface area contributed by atoms with Crippen LogP contribution in [0.25, 0.3) is 0 Å². The Bertz CT molecular complexity index is 276. The molecule has 0 radical (unpaired) electrons. The molecule has 13 heavy (non-hydrogen) atoms. The highest BCUT2D eigenvalue weighted by Gasteiger charge is 2.43. The van der Waals surface area contributed by atoms with E-state index in [0.717, 1.165) is 0 Å². The third-order valence-electron chi connectivity index (χ3n) is 1.89. The van der Waals surface area contributed by atoms with E-state index in [9.17, 15) is 14.4 Å². The second-order valence-corrected chi connectivity index (χ2v) is 4.78. The number of Topliss-reactive ketones (excluding diaryl/α,β-unsaturated/α-hetero) is 2. The number of carbonyl (C=O) groups excluding carboxylic acids is 2. The quantitative estimate of drug-likeness (QED) is 0.573. The average Bonchev–Trinajstić information content (AvgIpc) is 2.07. The minimum atomic E-state index is -1.17.